The first kappa shape index (κ1) is 9.58. The molecule has 1 unspecified atom stereocenters. The smallest absolute Gasteiger partial charge is 0.224 e. The summed E-state index contributed by atoms with van der Waals surface area (Å²) in [5.41, 5.74) is 7.14. The van der Waals surface area contributed by atoms with Gasteiger partial charge in [0.2, 0.25) is 5.91 Å². The fraction of sp³-hybridized carbons (Fsp3) is 0.300. The zero-order chi connectivity index (χ0) is 9.84. The standard InChI is InChI=1S/C10H14N2O/c1-7(10(11)13)8-4-3-5-9(6-8)12-2/h3-7,12H,1-2H3,(H2,11,13). The van der Waals surface area contributed by atoms with Gasteiger partial charge in [0.05, 0.1) is 5.92 Å². The van der Waals surface area contributed by atoms with Crippen LogP contribution in [0.2, 0.25) is 0 Å². The summed E-state index contributed by atoms with van der Waals surface area (Å²) in [6.45, 7) is 1.80. The van der Waals surface area contributed by atoms with E-state index in [9.17, 15) is 4.79 Å². The molecule has 0 spiro atoms. The largest absolute Gasteiger partial charge is 0.388 e. The van der Waals surface area contributed by atoms with Crippen LogP contribution in [0.1, 0.15) is 18.4 Å². The topological polar surface area (TPSA) is 55.1 Å². The summed E-state index contributed by atoms with van der Waals surface area (Å²) in [7, 11) is 1.84. The Morgan fingerprint density at radius 2 is 2.23 bits per heavy atom. The second kappa shape index (κ2) is 3.94. The van der Waals surface area contributed by atoms with Crippen LogP contribution >= 0.6 is 0 Å². The molecule has 1 aromatic rings. The van der Waals surface area contributed by atoms with Gasteiger partial charge < -0.3 is 11.1 Å². The van der Waals surface area contributed by atoms with Crippen LogP contribution in [0, 0.1) is 0 Å². The van der Waals surface area contributed by atoms with Gasteiger partial charge in [0.15, 0.2) is 0 Å². The average molecular weight is 178 g/mol. The first-order valence-corrected chi connectivity index (χ1v) is 4.22. The number of nitrogens with one attached hydrogen (secondary N) is 1. The van der Waals surface area contributed by atoms with Gasteiger partial charge in [0, 0.05) is 12.7 Å². The van der Waals surface area contributed by atoms with Crippen LogP contribution in [-0.2, 0) is 4.79 Å². The molecule has 0 aliphatic rings. The molecule has 1 rings (SSSR count). The molecule has 13 heavy (non-hydrogen) atoms. The van der Waals surface area contributed by atoms with Gasteiger partial charge in [-0.2, -0.15) is 0 Å². The maximum atomic E-state index is 10.9. The van der Waals surface area contributed by atoms with Crippen molar-refractivity contribution in [3.63, 3.8) is 0 Å². The van der Waals surface area contributed by atoms with E-state index >= 15 is 0 Å². The summed E-state index contributed by atoms with van der Waals surface area (Å²) in [6.07, 6.45) is 0. The predicted molar refractivity (Wildman–Crippen MR) is 53.6 cm³/mol. The number of rotatable bonds is 3. The second-order valence-corrected chi connectivity index (χ2v) is 3.00. The second-order valence-electron chi connectivity index (χ2n) is 3.00. The maximum absolute atomic E-state index is 10.9. The Labute approximate surface area is 77.9 Å². The molecule has 0 aromatic heterocycles. The molecule has 0 aliphatic heterocycles. The minimum Gasteiger partial charge on any atom is -0.388 e. The zero-order valence-corrected chi connectivity index (χ0v) is 7.87. The molecule has 0 aliphatic carbocycles. The van der Waals surface area contributed by atoms with Crippen LogP contribution in [0.3, 0.4) is 0 Å². The number of anilines is 1. The molecule has 3 N–H and O–H groups in total. The van der Waals surface area contributed by atoms with Gasteiger partial charge in [0.1, 0.15) is 0 Å². The van der Waals surface area contributed by atoms with E-state index in [4.69, 9.17) is 5.73 Å². The van der Waals surface area contributed by atoms with E-state index in [1.165, 1.54) is 0 Å². The lowest BCUT2D eigenvalue weighted by atomic mass is 10.0. The molecule has 1 aromatic carbocycles. The molecule has 0 fully saturated rings. The van der Waals surface area contributed by atoms with Crippen molar-refractivity contribution in [1.29, 1.82) is 0 Å². The fourth-order valence-corrected chi connectivity index (χ4v) is 1.13. The number of carbonyl (C=O) groups excluding carboxylic acids is 1. The van der Waals surface area contributed by atoms with Gasteiger partial charge in [0.25, 0.3) is 0 Å². The lowest BCUT2D eigenvalue weighted by molar-refractivity contribution is -0.119. The van der Waals surface area contributed by atoms with Crippen molar-refractivity contribution in [2.75, 3.05) is 12.4 Å². The normalized spacial score (nSPS) is 12.2. The summed E-state index contributed by atoms with van der Waals surface area (Å²) in [5.74, 6) is -0.526. The minimum absolute atomic E-state index is 0.228. The molecule has 0 radical (unpaired) electrons. The Kier molecular flexibility index (Phi) is 2.90. The number of hydrogen-bond acceptors (Lipinski definition) is 2. The van der Waals surface area contributed by atoms with Crippen LogP contribution in [0.25, 0.3) is 0 Å². The van der Waals surface area contributed by atoms with E-state index in [0.29, 0.717) is 0 Å². The summed E-state index contributed by atoms with van der Waals surface area (Å²) in [6, 6.07) is 7.67. The summed E-state index contributed by atoms with van der Waals surface area (Å²) < 4.78 is 0. The number of hydrogen-bond donors (Lipinski definition) is 2. The molecule has 1 amide bonds. The molecule has 0 bridgehead atoms. The van der Waals surface area contributed by atoms with Crippen molar-refractivity contribution >= 4 is 11.6 Å². The van der Waals surface area contributed by atoms with Crippen LogP contribution in [0.5, 0.6) is 0 Å². The average Bonchev–Trinajstić information content (AvgIpc) is 2.16. The molecular weight excluding hydrogens is 164 g/mol. The molecule has 3 nitrogen and oxygen atoms in total. The van der Waals surface area contributed by atoms with Gasteiger partial charge in [-0.05, 0) is 24.6 Å². The van der Waals surface area contributed by atoms with Gasteiger partial charge in [-0.25, -0.2) is 0 Å². The Morgan fingerprint density at radius 1 is 1.54 bits per heavy atom. The van der Waals surface area contributed by atoms with Crippen molar-refractivity contribution < 1.29 is 4.79 Å². The Hall–Kier alpha value is -1.51. The van der Waals surface area contributed by atoms with Gasteiger partial charge >= 0.3 is 0 Å². The first-order valence-electron chi connectivity index (χ1n) is 4.22. The van der Waals surface area contributed by atoms with Crippen molar-refractivity contribution in [2.45, 2.75) is 12.8 Å². The summed E-state index contributed by atoms with van der Waals surface area (Å²) in [4.78, 5) is 10.9. The molecule has 3 heteroatoms. The molecule has 0 saturated heterocycles. The van der Waals surface area contributed by atoms with E-state index in [1.807, 2.05) is 31.3 Å². The van der Waals surface area contributed by atoms with Gasteiger partial charge in [-0.3, -0.25) is 4.79 Å². The zero-order valence-electron chi connectivity index (χ0n) is 7.87. The van der Waals surface area contributed by atoms with E-state index in [2.05, 4.69) is 5.32 Å². The van der Waals surface area contributed by atoms with Crippen LogP contribution < -0.4 is 11.1 Å². The van der Waals surface area contributed by atoms with Crippen molar-refractivity contribution in [3.8, 4) is 0 Å². The summed E-state index contributed by atoms with van der Waals surface area (Å²) in [5, 5.41) is 3.01. The van der Waals surface area contributed by atoms with E-state index in [0.717, 1.165) is 11.3 Å². The highest BCUT2D eigenvalue weighted by Gasteiger charge is 2.10. The molecular formula is C10H14N2O. The number of carbonyl (C=O) groups is 1. The van der Waals surface area contributed by atoms with Gasteiger partial charge in [-0.15, -0.1) is 0 Å². The van der Waals surface area contributed by atoms with Crippen LogP contribution in [-0.4, -0.2) is 13.0 Å². The van der Waals surface area contributed by atoms with Crippen LogP contribution in [0.15, 0.2) is 24.3 Å². The third kappa shape index (κ3) is 2.21. The summed E-state index contributed by atoms with van der Waals surface area (Å²) >= 11 is 0. The Balaban J connectivity index is 2.94. The van der Waals surface area contributed by atoms with E-state index < -0.39 is 0 Å². The molecule has 70 valence electrons. The van der Waals surface area contributed by atoms with Crippen LogP contribution in [0.4, 0.5) is 5.69 Å². The molecule has 0 heterocycles. The van der Waals surface area contributed by atoms with E-state index in [-0.39, 0.29) is 11.8 Å². The highest BCUT2D eigenvalue weighted by Crippen LogP contribution is 2.18. The number of benzene rings is 1. The third-order valence-electron chi connectivity index (χ3n) is 2.10. The molecule has 1 atom stereocenters. The third-order valence-corrected chi connectivity index (χ3v) is 2.10. The number of amides is 1. The highest BCUT2D eigenvalue weighted by atomic mass is 16.1. The SMILES string of the molecule is CNc1cccc(C(C)C(N)=O)c1. The number of nitrogens with two attached hydrogens (primary N) is 1. The lowest BCUT2D eigenvalue weighted by Crippen LogP contribution is -2.18. The predicted octanol–water partition coefficient (Wildman–Crippen LogP) is 1.32. The lowest BCUT2D eigenvalue weighted by Gasteiger charge is -2.08. The van der Waals surface area contributed by atoms with E-state index in [1.54, 1.807) is 6.92 Å². The Bertz CT molecular complexity index is 310. The highest BCUT2D eigenvalue weighted by molar-refractivity contribution is 5.81. The van der Waals surface area contributed by atoms with Crippen molar-refractivity contribution in [2.24, 2.45) is 5.73 Å². The maximum Gasteiger partial charge on any atom is 0.224 e. The van der Waals surface area contributed by atoms with Gasteiger partial charge in [-0.1, -0.05) is 12.1 Å². The quantitative estimate of drug-likeness (QED) is 0.733. The first-order chi connectivity index (χ1) is 6.15. The number of primary amides is 1. The fourth-order valence-electron chi connectivity index (χ4n) is 1.13. The van der Waals surface area contributed by atoms with Crippen molar-refractivity contribution in [1.82, 2.24) is 0 Å². The molecule has 0 saturated carbocycles. The monoisotopic (exact) mass is 178 g/mol. The Morgan fingerprint density at radius 3 is 2.77 bits per heavy atom. The minimum atomic E-state index is -0.298. The van der Waals surface area contributed by atoms with Crippen molar-refractivity contribution in [3.05, 3.63) is 29.8 Å².